The molecule has 0 spiro atoms. The van der Waals surface area contributed by atoms with Crippen LogP contribution in [0.4, 0.5) is 0 Å². The first-order chi connectivity index (χ1) is 32.5. The fourth-order valence-electron chi connectivity index (χ4n) is 5.85. The molecule has 0 bridgehead atoms. The highest BCUT2D eigenvalue weighted by Crippen LogP contribution is 2.50. The summed E-state index contributed by atoms with van der Waals surface area (Å²) in [5.74, 6) is -0.628. The Balaban J connectivity index is 1.63. The molecule has 0 amide bonds. The Morgan fingerprint density at radius 1 is 0.362 bits per heavy atom. The van der Waals surface area contributed by atoms with Gasteiger partial charge in [-0.3, -0.25) is 0 Å². The minimum absolute atomic E-state index is 0.0182. The molecule has 1 heteroatoms. The van der Waals surface area contributed by atoms with Crippen LogP contribution >= 0.6 is 0 Å². The molecule has 0 aliphatic carbocycles. The Morgan fingerprint density at radius 3 is 1.57 bits per heavy atom. The molecule has 8 aromatic carbocycles. The van der Waals surface area contributed by atoms with Gasteiger partial charge < -0.3 is 4.42 Å². The fourth-order valence-corrected chi connectivity index (χ4v) is 5.85. The number of rotatable bonds is 5. The molecule has 0 fully saturated rings. The predicted molar refractivity (Wildman–Crippen MR) is 198 cm³/mol. The molecule has 220 valence electrons. The van der Waals surface area contributed by atoms with E-state index in [4.69, 9.17) is 26.3 Å². The lowest BCUT2D eigenvalue weighted by atomic mass is 9.84. The van der Waals surface area contributed by atoms with Gasteiger partial charge in [-0.25, -0.2) is 0 Å². The van der Waals surface area contributed by atoms with Gasteiger partial charge in [-0.2, -0.15) is 0 Å². The highest BCUT2D eigenvalue weighted by molar-refractivity contribution is 6.25. The monoisotopic (exact) mass is 620 g/mol. The van der Waals surface area contributed by atoms with Crippen LogP contribution in [-0.2, 0) is 0 Å². The zero-order valence-electron chi connectivity index (χ0n) is 46.0. The lowest BCUT2D eigenvalue weighted by molar-refractivity contribution is 0.633. The lowest BCUT2D eigenvalue weighted by Crippen LogP contribution is -1.91. The number of hydrogen-bond acceptors (Lipinski definition) is 1. The van der Waals surface area contributed by atoms with Gasteiger partial charge in [-0.15, -0.1) is 0 Å². The Labute approximate surface area is 304 Å². The van der Waals surface area contributed by atoms with E-state index in [-0.39, 0.29) is 60.3 Å². The summed E-state index contributed by atoms with van der Waals surface area (Å²) in [5.41, 5.74) is -3.43. The zero-order valence-corrected chi connectivity index (χ0v) is 24.0. The van der Waals surface area contributed by atoms with Gasteiger partial charge in [0.2, 0.25) is 0 Å². The summed E-state index contributed by atoms with van der Waals surface area (Å²) in [5, 5.41) is -1.28. The van der Waals surface area contributed by atoms with E-state index < -0.39 is 161 Å². The Hall–Kier alpha value is -6.18. The molecule has 0 aliphatic rings. The van der Waals surface area contributed by atoms with Gasteiger partial charge in [0.05, 0.1) is 30.2 Å². The van der Waals surface area contributed by atoms with Crippen LogP contribution in [0.15, 0.2) is 186 Å². The van der Waals surface area contributed by atoms with Gasteiger partial charge in [0.15, 0.2) is 0 Å². The number of furan rings is 1. The summed E-state index contributed by atoms with van der Waals surface area (Å²) >= 11 is 0. The van der Waals surface area contributed by atoms with Crippen molar-refractivity contribution >= 4 is 32.5 Å². The molecule has 0 unspecified atom stereocenters. The summed E-state index contributed by atoms with van der Waals surface area (Å²) in [6, 6.07) is -4.89. The van der Waals surface area contributed by atoms with Crippen LogP contribution in [-0.4, -0.2) is 0 Å². The smallest absolute Gasteiger partial charge is 0.143 e. The molecule has 1 nitrogen and oxygen atoms in total. The first kappa shape index (κ1) is 12.9. The minimum Gasteiger partial charge on any atom is -0.455 e. The molecule has 0 radical (unpaired) electrons. The summed E-state index contributed by atoms with van der Waals surface area (Å²) < 4.78 is 203. The van der Waals surface area contributed by atoms with E-state index in [1.165, 1.54) is 18.2 Å². The highest BCUT2D eigenvalue weighted by atomic mass is 16.3. The molecule has 9 aromatic rings. The van der Waals surface area contributed by atoms with E-state index in [9.17, 15) is 8.22 Å². The Kier molecular flexibility index (Phi) is 3.11. The quantitative estimate of drug-likeness (QED) is 0.174. The maximum Gasteiger partial charge on any atom is 0.143 e. The summed E-state index contributed by atoms with van der Waals surface area (Å²) in [6.45, 7) is 0. The maximum atomic E-state index is 9.74. The second-order valence-electron chi connectivity index (χ2n) is 10.4. The van der Waals surface area contributed by atoms with Gasteiger partial charge in [0.25, 0.3) is 0 Å². The van der Waals surface area contributed by atoms with E-state index >= 15 is 0 Å². The second-order valence-corrected chi connectivity index (χ2v) is 10.4. The lowest BCUT2D eigenvalue weighted by Gasteiger charge is -2.18. The third-order valence-corrected chi connectivity index (χ3v) is 7.77. The van der Waals surface area contributed by atoms with Gasteiger partial charge in [-0.1, -0.05) is 175 Å². The van der Waals surface area contributed by atoms with Crippen LogP contribution < -0.4 is 0 Å². The van der Waals surface area contributed by atoms with Crippen molar-refractivity contribution in [2.24, 2.45) is 0 Å². The number of hydrogen-bond donors (Lipinski definition) is 0. The van der Waals surface area contributed by atoms with Crippen LogP contribution in [0.1, 0.15) is 30.2 Å². The van der Waals surface area contributed by atoms with E-state index in [0.29, 0.717) is 0 Å². The zero-order chi connectivity index (χ0) is 50.3. The molecule has 47 heavy (non-hydrogen) atoms. The van der Waals surface area contributed by atoms with Gasteiger partial charge in [0, 0.05) is 27.6 Å². The molecular weight excluding hydrogens is 569 g/mol. The normalized spacial score (nSPS) is 18.0. The second kappa shape index (κ2) is 11.3. The first-order valence-electron chi connectivity index (χ1n) is 25.3. The molecule has 1 aromatic heterocycles. The Morgan fingerprint density at radius 2 is 0.915 bits per heavy atom. The van der Waals surface area contributed by atoms with Crippen molar-refractivity contribution in [1.82, 2.24) is 0 Å². The standard InChI is InChI=1S/C46H30O/c1-4-16-31(17-5-1)34-22-14-23-35(30-34)45-44(41-29-15-28-36(46(41)47-45)32-18-6-2-7-19-32)43-39-26-12-10-24-37(39)42(33-20-8-3-9-21-33)38-25-11-13-27-40(38)43/h1-30H/i1D,2D,4D,5D,6D,7D,10D,11D,12D,13D,14D,16D,17D,18D,19D,22D,23D,24D,25D,26D,27D,30D. The molecule has 1 heterocycles. The molecule has 0 aliphatic heterocycles. The summed E-state index contributed by atoms with van der Waals surface area (Å²) in [6.07, 6.45) is 0. The predicted octanol–water partition coefficient (Wildman–Crippen LogP) is 13.1. The minimum atomic E-state index is -0.932. The largest absolute Gasteiger partial charge is 0.455 e. The molecule has 0 atom stereocenters. The van der Waals surface area contributed by atoms with Gasteiger partial charge >= 0.3 is 0 Å². The van der Waals surface area contributed by atoms with Gasteiger partial charge in [-0.05, 0) is 55.4 Å². The highest BCUT2D eigenvalue weighted by Gasteiger charge is 2.25. The van der Waals surface area contributed by atoms with Crippen LogP contribution in [0.3, 0.4) is 0 Å². The van der Waals surface area contributed by atoms with Crippen molar-refractivity contribution in [3.05, 3.63) is 181 Å². The number of fused-ring (bicyclic) bond motifs is 3. The molecule has 0 saturated carbocycles. The topological polar surface area (TPSA) is 13.1 Å². The van der Waals surface area contributed by atoms with Crippen molar-refractivity contribution in [3.8, 4) is 55.8 Å². The van der Waals surface area contributed by atoms with Crippen molar-refractivity contribution < 1.29 is 34.6 Å². The van der Waals surface area contributed by atoms with E-state index in [0.717, 1.165) is 0 Å². The SMILES string of the molecule is [2H]c1c([2H])c([2H])c(-c2c([2H])c([2H])c([2H])c(-c3oc4c(-c5c([2H])c([2H])c([2H])c([2H])c5[2H])cccc4c3-c3c4c([2H])c([2H])c([2H])c([2H])c4c(-c4ccccc4)c4c([2H])c([2H])c([2H])c([2H])c34)c2[2H])c([2H])c1[2H]. The number of para-hydroxylation sites is 1. The van der Waals surface area contributed by atoms with Crippen molar-refractivity contribution in [3.63, 3.8) is 0 Å². The molecule has 0 saturated heterocycles. The van der Waals surface area contributed by atoms with Crippen molar-refractivity contribution in [1.29, 1.82) is 0 Å². The average molecular weight is 621 g/mol. The summed E-state index contributed by atoms with van der Waals surface area (Å²) in [4.78, 5) is 0. The third-order valence-electron chi connectivity index (χ3n) is 7.77. The van der Waals surface area contributed by atoms with Gasteiger partial charge in [0.1, 0.15) is 11.3 Å². The van der Waals surface area contributed by atoms with E-state index in [1.807, 2.05) is 0 Å². The summed E-state index contributed by atoms with van der Waals surface area (Å²) in [7, 11) is 0. The van der Waals surface area contributed by atoms with Crippen molar-refractivity contribution in [2.45, 2.75) is 0 Å². The molecule has 0 N–H and O–H groups in total. The third kappa shape index (κ3) is 4.56. The average Bonchev–Trinajstić information content (AvgIpc) is 3.72. The van der Waals surface area contributed by atoms with E-state index in [2.05, 4.69) is 0 Å². The first-order valence-corrected chi connectivity index (χ1v) is 14.3. The molecule has 9 rings (SSSR count). The van der Waals surface area contributed by atoms with Crippen LogP contribution in [0.25, 0.3) is 88.3 Å². The van der Waals surface area contributed by atoms with Crippen LogP contribution in [0.2, 0.25) is 0 Å². The number of benzene rings is 8. The van der Waals surface area contributed by atoms with Crippen LogP contribution in [0, 0.1) is 0 Å². The maximum absolute atomic E-state index is 9.74. The molecular formula is C46H30O. The van der Waals surface area contributed by atoms with E-state index in [1.54, 1.807) is 30.3 Å². The van der Waals surface area contributed by atoms with Crippen molar-refractivity contribution in [2.75, 3.05) is 0 Å². The Bertz CT molecular complexity index is 3670. The fraction of sp³-hybridized carbons (Fsp3) is 0. The van der Waals surface area contributed by atoms with Crippen LogP contribution in [0.5, 0.6) is 0 Å².